The third-order valence-electron chi connectivity index (χ3n) is 3.31. The Labute approximate surface area is 110 Å². The van der Waals surface area contributed by atoms with Crippen LogP contribution in [0, 0.1) is 5.92 Å². The van der Waals surface area contributed by atoms with Crippen molar-refractivity contribution < 1.29 is 13.9 Å². The van der Waals surface area contributed by atoms with E-state index in [2.05, 4.69) is 5.43 Å². The summed E-state index contributed by atoms with van der Waals surface area (Å²) in [6.07, 6.45) is 2.46. The van der Waals surface area contributed by atoms with Gasteiger partial charge in [0.1, 0.15) is 18.0 Å². The number of nitrogens with two attached hydrogens (primary N) is 1. The van der Waals surface area contributed by atoms with Gasteiger partial charge in [-0.2, -0.15) is 0 Å². The first-order valence-corrected chi connectivity index (χ1v) is 6.38. The maximum absolute atomic E-state index is 11.9. The van der Waals surface area contributed by atoms with E-state index < -0.39 is 0 Å². The molecule has 1 saturated carbocycles. The topological polar surface area (TPSA) is 77.5 Å². The number of fused-ring (bicyclic) bond motifs is 1. The van der Waals surface area contributed by atoms with Gasteiger partial charge < -0.3 is 9.15 Å². The number of nitrogen functional groups attached to an aromatic ring is 1. The number of carbonyl (C=O) groups is 1. The van der Waals surface area contributed by atoms with Crippen LogP contribution in [0.1, 0.15) is 29.0 Å². The summed E-state index contributed by atoms with van der Waals surface area (Å²) >= 11 is 0. The molecule has 100 valence electrons. The molecule has 0 aliphatic heterocycles. The number of para-hydroxylation sites is 1. The van der Waals surface area contributed by atoms with E-state index in [1.54, 1.807) is 0 Å². The van der Waals surface area contributed by atoms with Gasteiger partial charge in [0.15, 0.2) is 0 Å². The van der Waals surface area contributed by atoms with E-state index in [9.17, 15) is 4.79 Å². The van der Waals surface area contributed by atoms with Crippen molar-refractivity contribution in [1.29, 1.82) is 0 Å². The van der Waals surface area contributed by atoms with E-state index in [-0.39, 0.29) is 5.91 Å². The van der Waals surface area contributed by atoms with Crippen molar-refractivity contribution in [2.45, 2.75) is 19.4 Å². The van der Waals surface area contributed by atoms with Crippen LogP contribution in [0.5, 0.6) is 0 Å². The van der Waals surface area contributed by atoms with E-state index >= 15 is 0 Å². The molecular weight excluding hydrogens is 244 g/mol. The minimum Gasteiger partial charge on any atom is -0.458 e. The first-order valence-electron chi connectivity index (χ1n) is 6.38. The SMILES string of the molecule is NNC(=O)c1c(COCC2CC2)oc2ccccc12. The van der Waals surface area contributed by atoms with Crippen molar-refractivity contribution in [2.75, 3.05) is 6.61 Å². The highest BCUT2D eigenvalue weighted by atomic mass is 16.5. The van der Waals surface area contributed by atoms with Gasteiger partial charge in [-0.3, -0.25) is 10.2 Å². The number of furan rings is 1. The summed E-state index contributed by atoms with van der Waals surface area (Å²) in [6, 6.07) is 7.39. The van der Waals surface area contributed by atoms with E-state index in [1.807, 2.05) is 24.3 Å². The quantitative estimate of drug-likeness (QED) is 0.489. The zero-order valence-corrected chi connectivity index (χ0v) is 10.5. The van der Waals surface area contributed by atoms with E-state index in [0.29, 0.717) is 29.4 Å². The molecule has 5 nitrogen and oxygen atoms in total. The number of ether oxygens (including phenoxy) is 1. The predicted molar refractivity (Wildman–Crippen MR) is 70.2 cm³/mol. The lowest BCUT2D eigenvalue weighted by Gasteiger charge is -2.03. The Morgan fingerprint density at radius 3 is 2.95 bits per heavy atom. The highest BCUT2D eigenvalue weighted by Gasteiger charge is 2.23. The average molecular weight is 260 g/mol. The molecule has 3 N–H and O–H groups in total. The Morgan fingerprint density at radius 1 is 1.42 bits per heavy atom. The van der Waals surface area contributed by atoms with Gasteiger partial charge in [-0.15, -0.1) is 0 Å². The van der Waals surface area contributed by atoms with Gasteiger partial charge in [-0.1, -0.05) is 18.2 Å². The molecule has 2 aromatic rings. The number of hydrazine groups is 1. The lowest BCUT2D eigenvalue weighted by molar-refractivity contribution is 0.0898. The molecule has 19 heavy (non-hydrogen) atoms. The van der Waals surface area contributed by atoms with E-state index in [0.717, 1.165) is 12.0 Å². The summed E-state index contributed by atoms with van der Waals surface area (Å²) in [5, 5.41) is 0.760. The largest absolute Gasteiger partial charge is 0.458 e. The van der Waals surface area contributed by atoms with Crippen LogP contribution in [-0.4, -0.2) is 12.5 Å². The van der Waals surface area contributed by atoms with Gasteiger partial charge in [0.05, 0.1) is 5.56 Å². The predicted octanol–water partition coefficient (Wildman–Crippen LogP) is 1.96. The molecule has 1 fully saturated rings. The highest BCUT2D eigenvalue weighted by Crippen LogP contribution is 2.30. The van der Waals surface area contributed by atoms with Crippen LogP contribution in [0.3, 0.4) is 0 Å². The summed E-state index contributed by atoms with van der Waals surface area (Å²) in [4.78, 5) is 11.9. The van der Waals surface area contributed by atoms with Crippen LogP contribution >= 0.6 is 0 Å². The summed E-state index contributed by atoms with van der Waals surface area (Å²) in [5.41, 5.74) is 3.30. The first kappa shape index (κ1) is 12.2. The van der Waals surface area contributed by atoms with E-state index in [4.69, 9.17) is 15.0 Å². The fourth-order valence-electron chi connectivity index (χ4n) is 2.12. The minimum atomic E-state index is -0.352. The molecule has 1 aromatic heterocycles. The molecule has 5 heteroatoms. The Balaban J connectivity index is 1.89. The van der Waals surface area contributed by atoms with Crippen molar-refractivity contribution in [1.82, 2.24) is 5.43 Å². The number of hydrogen-bond acceptors (Lipinski definition) is 4. The lowest BCUT2D eigenvalue weighted by Crippen LogP contribution is -2.30. The Kier molecular flexibility index (Phi) is 3.23. The fraction of sp³-hybridized carbons (Fsp3) is 0.357. The molecule has 1 aliphatic rings. The number of carbonyl (C=O) groups excluding carboxylic acids is 1. The number of rotatable bonds is 5. The zero-order chi connectivity index (χ0) is 13.2. The Morgan fingerprint density at radius 2 is 2.21 bits per heavy atom. The smallest absolute Gasteiger partial charge is 0.269 e. The van der Waals surface area contributed by atoms with Gasteiger partial charge in [0, 0.05) is 12.0 Å². The molecule has 0 spiro atoms. The van der Waals surface area contributed by atoms with Gasteiger partial charge in [0.2, 0.25) is 0 Å². The molecule has 1 aliphatic carbocycles. The second-order valence-corrected chi connectivity index (χ2v) is 4.83. The third-order valence-corrected chi connectivity index (χ3v) is 3.31. The molecule has 0 saturated heterocycles. The van der Waals surface area contributed by atoms with Crippen molar-refractivity contribution in [3.8, 4) is 0 Å². The van der Waals surface area contributed by atoms with Crippen LogP contribution in [0.15, 0.2) is 28.7 Å². The second-order valence-electron chi connectivity index (χ2n) is 4.83. The van der Waals surface area contributed by atoms with E-state index in [1.165, 1.54) is 12.8 Å². The van der Waals surface area contributed by atoms with Crippen LogP contribution in [0.4, 0.5) is 0 Å². The Hall–Kier alpha value is -1.85. The lowest BCUT2D eigenvalue weighted by atomic mass is 10.1. The van der Waals surface area contributed by atoms with Gasteiger partial charge in [-0.05, 0) is 24.8 Å². The number of nitrogens with one attached hydrogen (secondary N) is 1. The summed E-state index contributed by atoms with van der Waals surface area (Å²) in [7, 11) is 0. The summed E-state index contributed by atoms with van der Waals surface area (Å²) in [6.45, 7) is 1.02. The van der Waals surface area contributed by atoms with Crippen LogP contribution < -0.4 is 11.3 Å². The summed E-state index contributed by atoms with van der Waals surface area (Å²) in [5.74, 6) is 6.09. The highest BCUT2D eigenvalue weighted by molar-refractivity contribution is 6.06. The molecule has 3 rings (SSSR count). The zero-order valence-electron chi connectivity index (χ0n) is 10.5. The maximum Gasteiger partial charge on any atom is 0.269 e. The molecule has 0 radical (unpaired) electrons. The second kappa shape index (κ2) is 5.03. The fourth-order valence-corrected chi connectivity index (χ4v) is 2.12. The minimum absolute atomic E-state index is 0.300. The van der Waals surface area contributed by atoms with Crippen molar-refractivity contribution >= 4 is 16.9 Å². The van der Waals surface area contributed by atoms with Gasteiger partial charge >= 0.3 is 0 Å². The Bertz CT molecular complexity index is 602. The van der Waals surface area contributed by atoms with Gasteiger partial charge in [0.25, 0.3) is 5.91 Å². The van der Waals surface area contributed by atoms with Crippen molar-refractivity contribution in [3.63, 3.8) is 0 Å². The molecule has 0 unspecified atom stereocenters. The first-order chi connectivity index (χ1) is 9.29. The molecule has 0 atom stereocenters. The third kappa shape index (κ3) is 2.47. The maximum atomic E-state index is 11.9. The molecule has 1 amide bonds. The van der Waals surface area contributed by atoms with Crippen LogP contribution in [0.25, 0.3) is 11.0 Å². The molecular formula is C14H16N2O3. The average Bonchev–Trinajstić information content (AvgIpc) is 3.17. The summed E-state index contributed by atoms with van der Waals surface area (Å²) < 4.78 is 11.3. The van der Waals surface area contributed by atoms with Crippen LogP contribution in [0.2, 0.25) is 0 Å². The normalized spacial score (nSPS) is 14.8. The van der Waals surface area contributed by atoms with Crippen molar-refractivity contribution in [2.24, 2.45) is 11.8 Å². The molecule has 1 heterocycles. The van der Waals surface area contributed by atoms with Crippen LogP contribution in [-0.2, 0) is 11.3 Å². The number of hydrogen-bond donors (Lipinski definition) is 2. The monoisotopic (exact) mass is 260 g/mol. The molecule has 0 bridgehead atoms. The standard InChI is InChI=1S/C14H16N2O3/c15-16-14(17)13-10-3-1-2-4-11(10)19-12(13)8-18-7-9-5-6-9/h1-4,9H,5-8,15H2,(H,16,17). The number of amides is 1. The molecule has 1 aromatic carbocycles. The number of benzene rings is 1. The van der Waals surface area contributed by atoms with Crippen molar-refractivity contribution in [3.05, 3.63) is 35.6 Å². The van der Waals surface area contributed by atoms with Gasteiger partial charge in [-0.25, -0.2) is 5.84 Å².